The van der Waals surface area contributed by atoms with E-state index in [-0.39, 0.29) is 29.5 Å². The first kappa shape index (κ1) is 26.0. The van der Waals surface area contributed by atoms with E-state index in [4.69, 9.17) is 11.6 Å². The molecule has 192 valence electrons. The molecule has 5 rings (SSSR count). The van der Waals surface area contributed by atoms with Crippen LogP contribution in [0.4, 0.5) is 11.5 Å². The average molecular weight is 562 g/mol. The molecule has 0 fully saturated rings. The van der Waals surface area contributed by atoms with Crippen LogP contribution in [0.15, 0.2) is 91.0 Å². The molecule has 1 N–H and O–H groups in total. The molecule has 1 amide bonds. The standard InChI is InChI=1S/C28H23ClN4O3S2/c29-17-20-13-14-24(28(34)30-18-22-11-6-10-21-9-4-5-12-23(21)22)26(16-20)33(38(35)36)27-25(31-37-32-27)15-19-7-2-1-3-8-19/h1-14,16H,15,17-18H2,(H,30,34)(H,35,36)/p-1. The van der Waals surface area contributed by atoms with Gasteiger partial charge in [-0.05, 0) is 39.6 Å². The number of benzene rings is 4. The van der Waals surface area contributed by atoms with Gasteiger partial charge < -0.3 is 9.87 Å². The lowest BCUT2D eigenvalue weighted by molar-refractivity contribution is 0.0952. The number of carbonyl (C=O) groups is 1. The quantitative estimate of drug-likeness (QED) is 0.179. The zero-order chi connectivity index (χ0) is 26.5. The largest absolute Gasteiger partial charge is 0.755 e. The van der Waals surface area contributed by atoms with E-state index >= 15 is 0 Å². The summed E-state index contributed by atoms with van der Waals surface area (Å²) in [4.78, 5) is 13.4. The van der Waals surface area contributed by atoms with Crippen LogP contribution in [0.25, 0.3) is 10.8 Å². The molecule has 1 atom stereocenters. The third-order valence-corrected chi connectivity index (χ3v) is 7.62. The van der Waals surface area contributed by atoms with Crippen molar-refractivity contribution in [2.24, 2.45) is 0 Å². The monoisotopic (exact) mass is 561 g/mol. The summed E-state index contributed by atoms with van der Waals surface area (Å²) in [5.41, 5.74) is 3.41. The minimum Gasteiger partial charge on any atom is -0.755 e. The van der Waals surface area contributed by atoms with Crippen molar-refractivity contribution in [3.8, 4) is 0 Å². The van der Waals surface area contributed by atoms with Gasteiger partial charge in [0.25, 0.3) is 5.91 Å². The Kier molecular flexibility index (Phi) is 8.09. The summed E-state index contributed by atoms with van der Waals surface area (Å²) in [6.45, 7) is 0.273. The van der Waals surface area contributed by atoms with Crippen molar-refractivity contribution in [2.45, 2.75) is 18.8 Å². The van der Waals surface area contributed by atoms with Gasteiger partial charge in [-0.2, -0.15) is 8.75 Å². The summed E-state index contributed by atoms with van der Waals surface area (Å²) in [7, 11) is 0. The third-order valence-electron chi connectivity index (χ3n) is 6.09. The zero-order valence-corrected chi connectivity index (χ0v) is 22.4. The average Bonchev–Trinajstić information content (AvgIpc) is 3.39. The van der Waals surface area contributed by atoms with Gasteiger partial charge in [-0.1, -0.05) is 78.9 Å². The molecular formula is C28H22ClN4O3S2-. The summed E-state index contributed by atoms with van der Waals surface area (Å²) >= 11 is 4.21. The van der Waals surface area contributed by atoms with Crippen molar-refractivity contribution in [3.05, 3.63) is 119 Å². The number of aromatic nitrogens is 2. The number of hydrogen-bond donors (Lipinski definition) is 1. The molecule has 38 heavy (non-hydrogen) atoms. The number of alkyl halides is 1. The van der Waals surface area contributed by atoms with E-state index in [9.17, 15) is 13.6 Å². The lowest BCUT2D eigenvalue weighted by Crippen LogP contribution is -2.28. The van der Waals surface area contributed by atoms with Gasteiger partial charge in [0, 0.05) is 18.8 Å². The predicted molar refractivity (Wildman–Crippen MR) is 151 cm³/mol. The fourth-order valence-electron chi connectivity index (χ4n) is 4.26. The maximum absolute atomic E-state index is 13.4. The smallest absolute Gasteiger partial charge is 0.253 e. The normalized spacial score (nSPS) is 11.8. The van der Waals surface area contributed by atoms with Gasteiger partial charge in [-0.15, -0.1) is 11.6 Å². The molecule has 0 aliphatic heterocycles. The minimum atomic E-state index is -2.78. The SMILES string of the molecule is O=C(NCc1cccc2ccccc12)c1ccc(CCl)cc1N(c1nsnc1Cc1ccccc1)S(=O)[O-]. The first-order valence-corrected chi connectivity index (χ1v) is 14.0. The number of nitrogens with zero attached hydrogens (tertiary/aromatic N) is 3. The Balaban J connectivity index is 1.49. The number of rotatable bonds is 9. The molecule has 1 unspecified atom stereocenters. The second kappa shape index (κ2) is 11.8. The van der Waals surface area contributed by atoms with E-state index in [0.717, 1.165) is 37.9 Å². The zero-order valence-electron chi connectivity index (χ0n) is 20.0. The van der Waals surface area contributed by atoms with E-state index in [2.05, 4.69) is 14.1 Å². The molecular weight excluding hydrogens is 540 g/mol. The van der Waals surface area contributed by atoms with Crippen molar-refractivity contribution >= 4 is 62.8 Å². The van der Waals surface area contributed by atoms with Crippen LogP contribution in [0.1, 0.15) is 32.7 Å². The Hall–Kier alpha value is -3.63. The Morgan fingerprint density at radius 3 is 2.50 bits per heavy atom. The van der Waals surface area contributed by atoms with Crippen molar-refractivity contribution in [1.82, 2.24) is 14.1 Å². The number of fused-ring (bicyclic) bond motifs is 1. The Morgan fingerprint density at radius 1 is 0.947 bits per heavy atom. The molecule has 1 heterocycles. The molecule has 0 aliphatic rings. The summed E-state index contributed by atoms with van der Waals surface area (Å²) in [6.07, 6.45) is 0.387. The van der Waals surface area contributed by atoms with Gasteiger partial charge >= 0.3 is 0 Å². The van der Waals surface area contributed by atoms with Crippen molar-refractivity contribution in [1.29, 1.82) is 0 Å². The van der Waals surface area contributed by atoms with Crippen LogP contribution in [0.3, 0.4) is 0 Å². The Morgan fingerprint density at radius 2 is 1.71 bits per heavy atom. The van der Waals surface area contributed by atoms with Gasteiger partial charge in [0.15, 0.2) is 5.82 Å². The highest BCUT2D eigenvalue weighted by atomic mass is 35.5. The molecule has 5 aromatic rings. The maximum Gasteiger partial charge on any atom is 0.253 e. The molecule has 0 saturated carbocycles. The van der Waals surface area contributed by atoms with Crippen LogP contribution in [-0.4, -0.2) is 23.4 Å². The maximum atomic E-state index is 13.4. The van der Waals surface area contributed by atoms with Gasteiger partial charge in [0.05, 0.1) is 34.2 Å². The molecule has 0 saturated heterocycles. The second-order valence-corrected chi connectivity index (χ2v) is 10.1. The predicted octanol–water partition coefficient (Wildman–Crippen LogP) is 5.88. The molecule has 0 aliphatic carbocycles. The van der Waals surface area contributed by atoms with Gasteiger partial charge in [-0.25, -0.2) is 0 Å². The molecule has 0 bridgehead atoms. The number of amides is 1. The number of carbonyl (C=O) groups excluding carboxylic acids is 1. The highest BCUT2D eigenvalue weighted by Crippen LogP contribution is 2.34. The number of anilines is 2. The van der Waals surface area contributed by atoms with Crippen molar-refractivity contribution in [2.75, 3.05) is 4.31 Å². The topological polar surface area (TPSA) is 98.2 Å². The highest BCUT2D eigenvalue weighted by molar-refractivity contribution is 7.81. The van der Waals surface area contributed by atoms with E-state index in [1.807, 2.05) is 72.8 Å². The Labute approximate surface area is 231 Å². The third kappa shape index (κ3) is 5.61. The van der Waals surface area contributed by atoms with Crippen LogP contribution in [0.5, 0.6) is 0 Å². The summed E-state index contributed by atoms with van der Waals surface area (Å²) < 4.78 is 34.9. The molecule has 0 spiro atoms. The molecule has 10 heteroatoms. The van der Waals surface area contributed by atoms with Crippen molar-refractivity contribution in [3.63, 3.8) is 0 Å². The number of hydrogen-bond acceptors (Lipinski definition) is 6. The fraction of sp³-hybridized carbons (Fsp3) is 0.107. The fourth-order valence-corrected chi connectivity index (χ4v) is 5.63. The lowest BCUT2D eigenvalue weighted by Gasteiger charge is -2.27. The molecule has 0 radical (unpaired) electrons. The van der Waals surface area contributed by atoms with Crippen LogP contribution < -0.4 is 9.62 Å². The first-order valence-electron chi connectivity index (χ1n) is 11.7. The lowest BCUT2D eigenvalue weighted by atomic mass is 10.0. The number of halogens is 1. The molecule has 4 aromatic carbocycles. The van der Waals surface area contributed by atoms with Crippen molar-refractivity contribution < 1.29 is 13.6 Å². The minimum absolute atomic E-state index is 0.149. The van der Waals surface area contributed by atoms with Gasteiger partial charge in [0.2, 0.25) is 0 Å². The summed E-state index contributed by atoms with van der Waals surface area (Å²) in [5.74, 6) is -0.115. The van der Waals surface area contributed by atoms with E-state index in [1.165, 1.54) is 0 Å². The second-order valence-electron chi connectivity index (χ2n) is 8.51. The van der Waals surface area contributed by atoms with Crippen LogP contribution in [0.2, 0.25) is 0 Å². The Bertz CT molecular complexity index is 1610. The molecule has 1 aromatic heterocycles. The van der Waals surface area contributed by atoms with E-state index < -0.39 is 17.2 Å². The van der Waals surface area contributed by atoms with Gasteiger partial charge in [-0.3, -0.25) is 13.3 Å². The van der Waals surface area contributed by atoms with Gasteiger partial charge in [0.1, 0.15) is 5.69 Å². The first-order chi connectivity index (χ1) is 18.5. The summed E-state index contributed by atoms with van der Waals surface area (Å²) in [6, 6.07) is 28.3. The van der Waals surface area contributed by atoms with E-state index in [0.29, 0.717) is 17.7 Å². The summed E-state index contributed by atoms with van der Waals surface area (Å²) in [5, 5.41) is 5.05. The van der Waals surface area contributed by atoms with E-state index in [1.54, 1.807) is 18.2 Å². The van der Waals surface area contributed by atoms with Crippen LogP contribution >= 0.6 is 23.3 Å². The van der Waals surface area contributed by atoms with Crippen LogP contribution in [0, 0.1) is 0 Å². The molecule has 7 nitrogen and oxygen atoms in total. The number of nitrogens with one attached hydrogen (secondary N) is 1. The van der Waals surface area contributed by atoms with Crippen LogP contribution in [-0.2, 0) is 30.1 Å². The highest BCUT2D eigenvalue weighted by Gasteiger charge is 2.25.